The number of fused-ring (bicyclic) bond motifs is 1. The van der Waals surface area contributed by atoms with Crippen LogP contribution in [0.4, 0.5) is 10.2 Å². The zero-order valence-corrected chi connectivity index (χ0v) is 13.4. The molecule has 1 aromatic carbocycles. The SMILES string of the molecule is O=C(Nc1ccc2[nH]nc(/C=C/c3ccc(F)cc3)c2n1)c1ccco1. The lowest BCUT2D eigenvalue weighted by Crippen LogP contribution is -2.11. The number of carbonyl (C=O) groups is 1. The number of halogens is 1. The third-order valence-electron chi connectivity index (χ3n) is 3.72. The van der Waals surface area contributed by atoms with Gasteiger partial charge in [-0.25, -0.2) is 9.37 Å². The molecule has 7 heteroatoms. The van der Waals surface area contributed by atoms with Gasteiger partial charge >= 0.3 is 0 Å². The molecule has 0 saturated carbocycles. The zero-order chi connectivity index (χ0) is 17.9. The largest absolute Gasteiger partial charge is 0.459 e. The van der Waals surface area contributed by atoms with Crippen LogP contribution in [0.15, 0.2) is 59.2 Å². The van der Waals surface area contributed by atoms with Crippen LogP contribution < -0.4 is 5.32 Å². The van der Waals surface area contributed by atoms with Gasteiger partial charge in [-0.05, 0) is 48.0 Å². The molecule has 4 aromatic rings. The standard InChI is InChI=1S/C19H13FN4O2/c20-13-6-3-12(4-7-13)5-8-14-18-15(24-23-14)9-10-17(21-18)22-19(25)16-2-1-11-26-16/h1-11H,(H,23,24)(H,21,22,25)/b8-5+. The molecule has 26 heavy (non-hydrogen) atoms. The van der Waals surface area contributed by atoms with Crippen molar-refractivity contribution in [2.75, 3.05) is 5.32 Å². The maximum absolute atomic E-state index is 13.0. The summed E-state index contributed by atoms with van der Waals surface area (Å²) < 4.78 is 18.0. The number of pyridine rings is 1. The van der Waals surface area contributed by atoms with Gasteiger partial charge in [0.2, 0.25) is 0 Å². The third kappa shape index (κ3) is 3.23. The van der Waals surface area contributed by atoms with Gasteiger partial charge < -0.3 is 9.73 Å². The number of nitrogens with zero attached hydrogens (tertiary/aromatic N) is 2. The number of nitrogens with one attached hydrogen (secondary N) is 2. The summed E-state index contributed by atoms with van der Waals surface area (Å²) in [5, 5.41) is 9.79. The Morgan fingerprint density at radius 3 is 2.73 bits per heavy atom. The first-order chi connectivity index (χ1) is 12.7. The third-order valence-corrected chi connectivity index (χ3v) is 3.72. The van der Waals surface area contributed by atoms with E-state index in [0.29, 0.717) is 17.0 Å². The number of H-pyrrole nitrogens is 1. The Morgan fingerprint density at radius 1 is 1.12 bits per heavy atom. The van der Waals surface area contributed by atoms with E-state index in [-0.39, 0.29) is 17.5 Å². The second-order valence-corrected chi connectivity index (χ2v) is 5.52. The molecule has 3 aromatic heterocycles. The summed E-state index contributed by atoms with van der Waals surface area (Å²) in [5.74, 6) is -0.0769. The molecule has 0 aliphatic carbocycles. The van der Waals surface area contributed by atoms with Gasteiger partial charge in [0.1, 0.15) is 22.8 Å². The molecule has 128 valence electrons. The van der Waals surface area contributed by atoms with Crippen molar-refractivity contribution in [3.8, 4) is 0 Å². The summed E-state index contributed by atoms with van der Waals surface area (Å²) in [7, 11) is 0. The lowest BCUT2D eigenvalue weighted by molar-refractivity contribution is 0.0996. The summed E-state index contributed by atoms with van der Waals surface area (Å²) >= 11 is 0. The Morgan fingerprint density at radius 2 is 1.96 bits per heavy atom. The van der Waals surface area contributed by atoms with E-state index in [1.54, 1.807) is 42.5 Å². The van der Waals surface area contributed by atoms with Crippen molar-refractivity contribution in [3.05, 3.63) is 77.6 Å². The van der Waals surface area contributed by atoms with Crippen molar-refractivity contribution >= 4 is 34.9 Å². The Kier molecular flexibility index (Phi) is 4.03. The number of aromatic amines is 1. The fraction of sp³-hybridized carbons (Fsp3) is 0. The van der Waals surface area contributed by atoms with Crippen LogP contribution in [0.1, 0.15) is 21.8 Å². The number of hydrogen-bond donors (Lipinski definition) is 2. The van der Waals surface area contributed by atoms with Crippen LogP contribution in [0.25, 0.3) is 23.2 Å². The molecule has 2 N–H and O–H groups in total. The fourth-order valence-corrected chi connectivity index (χ4v) is 2.44. The van der Waals surface area contributed by atoms with E-state index in [1.807, 2.05) is 6.08 Å². The molecule has 0 aliphatic heterocycles. The molecule has 0 unspecified atom stereocenters. The van der Waals surface area contributed by atoms with Crippen LogP contribution in [0.3, 0.4) is 0 Å². The topological polar surface area (TPSA) is 83.8 Å². The van der Waals surface area contributed by atoms with Crippen LogP contribution >= 0.6 is 0 Å². The minimum atomic E-state index is -0.381. The monoisotopic (exact) mass is 348 g/mol. The van der Waals surface area contributed by atoms with Crippen LogP contribution in [-0.4, -0.2) is 21.1 Å². The number of hydrogen-bond acceptors (Lipinski definition) is 4. The smallest absolute Gasteiger partial charge is 0.292 e. The normalized spacial score (nSPS) is 11.3. The van der Waals surface area contributed by atoms with Gasteiger partial charge in [-0.15, -0.1) is 0 Å². The van der Waals surface area contributed by atoms with Gasteiger partial charge in [0.15, 0.2) is 5.76 Å². The molecule has 3 heterocycles. The van der Waals surface area contributed by atoms with Crippen molar-refractivity contribution in [1.29, 1.82) is 0 Å². The van der Waals surface area contributed by atoms with Crippen LogP contribution in [0.5, 0.6) is 0 Å². The van der Waals surface area contributed by atoms with Gasteiger partial charge in [0.25, 0.3) is 5.91 Å². The highest BCUT2D eigenvalue weighted by Gasteiger charge is 2.11. The number of aromatic nitrogens is 3. The minimum Gasteiger partial charge on any atom is -0.459 e. The summed E-state index contributed by atoms with van der Waals surface area (Å²) in [5.41, 5.74) is 2.80. The van der Waals surface area contributed by atoms with E-state index in [2.05, 4.69) is 20.5 Å². The quantitative estimate of drug-likeness (QED) is 0.581. The highest BCUT2D eigenvalue weighted by atomic mass is 19.1. The van der Waals surface area contributed by atoms with E-state index in [1.165, 1.54) is 18.4 Å². The van der Waals surface area contributed by atoms with Crippen molar-refractivity contribution in [1.82, 2.24) is 15.2 Å². The number of carbonyl (C=O) groups excluding carboxylic acids is 1. The Balaban J connectivity index is 1.60. The first-order valence-electron chi connectivity index (χ1n) is 7.83. The van der Waals surface area contributed by atoms with Crippen molar-refractivity contribution in [2.24, 2.45) is 0 Å². The molecule has 0 spiro atoms. The van der Waals surface area contributed by atoms with Gasteiger partial charge in [-0.1, -0.05) is 18.2 Å². The first-order valence-corrected chi connectivity index (χ1v) is 7.83. The predicted octanol–water partition coefficient (Wildman–Crippen LogP) is 4.11. The summed E-state index contributed by atoms with van der Waals surface area (Å²) in [6.45, 7) is 0. The molecule has 0 atom stereocenters. The fourth-order valence-electron chi connectivity index (χ4n) is 2.44. The Hall–Kier alpha value is -3.74. The Bertz CT molecular complexity index is 1080. The van der Waals surface area contributed by atoms with E-state index in [9.17, 15) is 9.18 Å². The second-order valence-electron chi connectivity index (χ2n) is 5.52. The van der Waals surface area contributed by atoms with E-state index < -0.39 is 0 Å². The van der Waals surface area contributed by atoms with Gasteiger partial charge in [-0.3, -0.25) is 9.89 Å². The van der Waals surface area contributed by atoms with E-state index in [4.69, 9.17) is 4.42 Å². The number of furan rings is 1. The molecule has 0 bridgehead atoms. The van der Waals surface area contributed by atoms with Crippen molar-refractivity contribution in [2.45, 2.75) is 0 Å². The van der Waals surface area contributed by atoms with Gasteiger partial charge in [0, 0.05) is 0 Å². The van der Waals surface area contributed by atoms with Crippen LogP contribution in [0, 0.1) is 5.82 Å². The highest BCUT2D eigenvalue weighted by molar-refractivity contribution is 6.02. The number of benzene rings is 1. The average molecular weight is 348 g/mol. The molecule has 0 saturated heterocycles. The summed E-state index contributed by atoms with van der Waals surface area (Å²) in [4.78, 5) is 16.5. The van der Waals surface area contributed by atoms with E-state index >= 15 is 0 Å². The highest BCUT2D eigenvalue weighted by Crippen LogP contribution is 2.19. The zero-order valence-electron chi connectivity index (χ0n) is 13.4. The lowest BCUT2D eigenvalue weighted by atomic mass is 10.2. The molecule has 1 amide bonds. The minimum absolute atomic E-state index is 0.204. The number of amides is 1. The molecule has 0 aliphatic rings. The molecular weight excluding hydrogens is 335 g/mol. The molecule has 0 fully saturated rings. The molecule has 0 radical (unpaired) electrons. The maximum atomic E-state index is 13.0. The van der Waals surface area contributed by atoms with Crippen molar-refractivity contribution in [3.63, 3.8) is 0 Å². The van der Waals surface area contributed by atoms with Crippen molar-refractivity contribution < 1.29 is 13.6 Å². The average Bonchev–Trinajstić information content (AvgIpc) is 3.31. The second kappa shape index (κ2) is 6.64. The Labute approximate surface area is 147 Å². The lowest BCUT2D eigenvalue weighted by Gasteiger charge is -2.02. The number of anilines is 1. The van der Waals surface area contributed by atoms with Gasteiger partial charge in [-0.2, -0.15) is 5.10 Å². The van der Waals surface area contributed by atoms with E-state index in [0.717, 1.165) is 11.1 Å². The first kappa shape index (κ1) is 15.8. The maximum Gasteiger partial charge on any atom is 0.292 e. The van der Waals surface area contributed by atoms with Gasteiger partial charge in [0.05, 0.1) is 11.8 Å². The molecular formula is C19H13FN4O2. The number of rotatable bonds is 4. The molecule has 6 nitrogen and oxygen atoms in total. The van der Waals surface area contributed by atoms with Crippen LogP contribution in [-0.2, 0) is 0 Å². The van der Waals surface area contributed by atoms with Crippen LogP contribution in [0.2, 0.25) is 0 Å². The summed E-state index contributed by atoms with van der Waals surface area (Å²) in [6.07, 6.45) is 5.02. The summed E-state index contributed by atoms with van der Waals surface area (Å²) in [6, 6.07) is 12.8. The molecule has 4 rings (SSSR count). The predicted molar refractivity (Wildman–Crippen MR) is 95.9 cm³/mol.